The molecule has 1 fully saturated rings. The smallest absolute Gasteiger partial charge is 0.238 e. The summed E-state index contributed by atoms with van der Waals surface area (Å²) in [4.78, 5) is 16.4. The molecule has 2 N–H and O–H groups in total. The van der Waals surface area contributed by atoms with Gasteiger partial charge in [-0.15, -0.1) is 0 Å². The Balaban J connectivity index is 1.70. The number of carbonyl (C=O) groups is 1. The van der Waals surface area contributed by atoms with Crippen LogP contribution in [0.25, 0.3) is 10.9 Å². The van der Waals surface area contributed by atoms with E-state index in [0.29, 0.717) is 6.54 Å². The van der Waals surface area contributed by atoms with Crippen molar-refractivity contribution in [2.45, 2.75) is 19.8 Å². The van der Waals surface area contributed by atoms with Crippen LogP contribution in [0, 0.1) is 12.8 Å². The third-order valence-corrected chi connectivity index (χ3v) is 3.53. The van der Waals surface area contributed by atoms with Gasteiger partial charge in [-0.05, 0) is 44.4 Å². The Morgan fingerprint density at radius 1 is 1.35 bits per heavy atom. The second kappa shape index (κ2) is 5.59. The molecule has 0 unspecified atom stereocenters. The van der Waals surface area contributed by atoms with Gasteiger partial charge in [-0.1, -0.05) is 18.2 Å². The summed E-state index contributed by atoms with van der Waals surface area (Å²) in [5.41, 5.74) is 2.66. The van der Waals surface area contributed by atoms with Crippen molar-refractivity contribution in [1.82, 2.24) is 10.3 Å². The number of fused-ring (bicyclic) bond motifs is 1. The number of pyridine rings is 1. The summed E-state index contributed by atoms with van der Waals surface area (Å²) < 4.78 is 0. The van der Waals surface area contributed by atoms with E-state index in [2.05, 4.69) is 15.6 Å². The molecule has 1 amide bonds. The highest BCUT2D eigenvalue weighted by Crippen LogP contribution is 2.27. The maximum absolute atomic E-state index is 12.0. The number of rotatable bonds is 5. The van der Waals surface area contributed by atoms with Crippen LogP contribution in [0.15, 0.2) is 30.3 Å². The van der Waals surface area contributed by atoms with Crippen LogP contribution in [-0.4, -0.2) is 24.0 Å². The van der Waals surface area contributed by atoms with Crippen LogP contribution in [0.4, 0.5) is 5.69 Å². The van der Waals surface area contributed by atoms with Gasteiger partial charge in [-0.2, -0.15) is 0 Å². The molecule has 0 radical (unpaired) electrons. The predicted molar refractivity (Wildman–Crippen MR) is 80.7 cm³/mol. The summed E-state index contributed by atoms with van der Waals surface area (Å²) in [7, 11) is 0. The molecule has 1 heterocycles. The minimum atomic E-state index is 0.00130. The summed E-state index contributed by atoms with van der Waals surface area (Å²) in [6, 6.07) is 9.78. The summed E-state index contributed by atoms with van der Waals surface area (Å²) >= 11 is 0. The summed E-state index contributed by atoms with van der Waals surface area (Å²) in [6.07, 6.45) is 2.59. The molecule has 1 aliphatic rings. The quantitative estimate of drug-likeness (QED) is 0.876. The fraction of sp³-hybridized carbons (Fsp3) is 0.375. The van der Waals surface area contributed by atoms with Crippen molar-refractivity contribution < 1.29 is 4.79 Å². The number of hydrogen-bond acceptors (Lipinski definition) is 3. The average molecular weight is 269 g/mol. The van der Waals surface area contributed by atoms with E-state index in [9.17, 15) is 4.79 Å². The highest BCUT2D eigenvalue weighted by Gasteiger charge is 2.20. The normalized spacial score (nSPS) is 14.4. The minimum Gasteiger partial charge on any atom is -0.324 e. The molecule has 104 valence electrons. The second-order valence-electron chi connectivity index (χ2n) is 5.45. The summed E-state index contributed by atoms with van der Waals surface area (Å²) in [6.45, 7) is 3.25. The van der Waals surface area contributed by atoms with Gasteiger partial charge in [0.25, 0.3) is 0 Å². The zero-order valence-corrected chi connectivity index (χ0v) is 11.6. The second-order valence-corrected chi connectivity index (χ2v) is 5.45. The van der Waals surface area contributed by atoms with Crippen LogP contribution in [0.1, 0.15) is 18.5 Å². The van der Waals surface area contributed by atoms with Crippen molar-refractivity contribution in [3.8, 4) is 0 Å². The molecule has 0 bridgehead atoms. The Morgan fingerprint density at radius 2 is 2.15 bits per heavy atom. The number of para-hydroxylation sites is 1. The molecule has 3 rings (SSSR count). The molecule has 0 aliphatic heterocycles. The van der Waals surface area contributed by atoms with Crippen molar-refractivity contribution in [2.24, 2.45) is 5.92 Å². The predicted octanol–water partition coefficient (Wildman–Crippen LogP) is 2.48. The Labute approximate surface area is 118 Å². The van der Waals surface area contributed by atoms with Gasteiger partial charge in [0.15, 0.2) is 0 Å². The van der Waals surface area contributed by atoms with Crippen molar-refractivity contribution in [3.63, 3.8) is 0 Å². The number of hydrogen-bond donors (Lipinski definition) is 2. The molecule has 1 saturated carbocycles. The number of anilines is 1. The molecular formula is C16H19N3O. The number of nitrogens with one attached hydrogen (secondary N) is 2. The van der Waals surface area contributed by atoms with E-state index in [1.165, 1.54) is 12.8 Å². The van der Waals surface area contributed by atoms with Gasteiger partial charge in [-0.3, -0.25) is 9.78 Å². The number of amides is 1. The van der Waals surface area contributed by atoms with Gasteiger partial charge >= 0.3 is 0 Å². The molecule has 4 nitrogen and oxygen atoms in total. The Kier molecular flexibility index (Phi) is 3.65. The van der Waals surface area contributed by atoms with Gasteiger partial charge in [0.2, 0.25) is 5.91 Å². The van der Waals surface area contributed by atoms with Crippen molar-refractivity contribution in [3.05, 3.63) is 36.0 Å². The van der Waals surface area contributed by atoms with Crippen molar-refractivity contribution >= 4 is 22.5 Å². The number of aromatic nitrogens is 1. The van der Waals surface area contributed by atoms with Crippen molar-refractivity contribution in [2.75, 3.05) is 18.4 Å². The first-order valence-corrected chi connectivity index (χ1v) is 7.09. The first-order valence-electron chi connectivity index (χ1n) is 7.09. The van der Waals surface area contributed by atoms with E-state index in [4.69, 9.17) is 0 Å². The van der Waals surface area contributed by atoms with Crippen LogP contribution in [0.2, 0.25) is 0 Å². The van der Waals surface area contributed by atoms with E-state index < -0.39 is 0 Å². The molecule has 0 spiro atoms. The molecule has 0 saturated heterocycles. The average Bonchev–Trinajstić information content (AvgIpc) is 3.22. The lowest BCUT2D eigenvalue weighted by Gasteiger charge is -2.10. The molecule has 1 aromatic carbocycles. The number of carbonyl (C=O) groups excluding carboxylic acids is 1. The maximum atomic E-state index is 12.0. The molecule has 4 heteroatoms. The van der Waals surface area contributed by atoms with Gasteiger partial charge in [0.1, 0.15) is 0 Å². The molecule has 1 aliphatic carbocycles. The topological polar surface area (TPSA) is 54.0 Å². The largest absolute Gasteiger partial charge is 0.324 e. The minimum absolute atomic E-state index is 0.00130. The lowest BCUT2D eigenvalue weighted by Crippen LogP contribution is -2.29. The van der Waals surface area contributed by atoms with Crippen molar-refractivity contribution in [1.29, 1.82) is 0 Å². The first kappa shape index (κ1) is 13.1. The van der Waals surface area contributed by atoms with Gasteiger partial charge < -0.3 is 10.6 Å². The SMILES string of the molecule is Cc1cc(NC(=O)CNCC2CC2)c2ccccc2n1. The van der Waals surface area contributed by atoms with E-state index in [-0.39, 0.29) is 5.91 Å². The zero-order valence-electron chi connectivity index (χ0n) is 11.6. The number of aryl methyl sites for hydroxylation is 1. The number of benzene rings is 1. The van der Waals surface area contributed by atoms with E-state index >= 15 is 0 Å². The molecule has 0 atom stereocenters. The molecular weight excluding hydrogens is 250 g/mol. The highest BCUT2D eigenvalue weighted by molar-refractivity contribution is 6.01. The van der Waals surface area contributed by atoms with Crippen LogP contribution < -0.4 is 10.6 Å². The third kappa shape index (κ3) is 3.14. The van der Waals surface area contributed by atoms with Gasteiger partial charge in [0.05, 0.1) is 17.7 Å². The monoisotopic (exact) mass is 269 g/mol. The standard InChI is InChI=1S/C16H19N3O/c1-11-8-15(13-4-2-3-5-14(13)18-11)19-16(20)10-17-9-12-6-7-12/h2-5,8,12,17H,6-7,9-10H2,1H3,(H,18,19,20). The lowest BCUT2D eigenvalue weighted by atomic mass is 10.1. The fourth-order valence-electron chi connectivity index (χ4n) is 2.32. The fourth-order valence-corrected chi connectivity index (χ4v) is 2.32. The lowest BCUT2D eigenvalue weighted by molar-refractivity contribution is -0.115. The molecule has 2 aromatic rings. The number of nitrogens with zero attached hydrogens (tertiary/aromatic N) is 1. The third-order valence-electron chi connectivity index (χ3n) is 3.53. The summed E-state index contributed by atoms with van der Waals surface area (Å²) in [5, 5.41) is 7.16. The molecule has 20 heavy (non-hydrogen) atoms. The van der Waals surface area contributed by atoms with E-state index in [0.717, 1.165) is 34.7 Å². The molecule has 1 aromatic heterocycles. The Bertz CT molecular complexity index is 635. The first-order chi connectivity index (χ1) is 9.72. The van der Waals surface area contributed by atoms with E-state index in [1.807, 2.05) is 37.3 Å². The maximum Gasteiger partial charge on any atom is 0.238 e. The highest BCUT2D eigenvalue weighted by atomic mass is 16.1. The Morgan fingerprint density at radius 3 is 2.95 bits per heavy atom. The Hall–Kier alpha value is -1.94. The van der Waals surface area contributed by atoms with Crippen LogP contribution >= 0.6 is 0 Å². The van der Waals surface area contributed by atoms with E-state index in [1.54, 1.807) is 0 Å². The van der Waals surface area contributed by atoms with Crippen LogP contribution in [0.3, 0.4) is 0 Å². The summed E-state index contributed by atoms with van der Waals surface area (Å²) in [5.74, 6) is 0.785. The zero-order chi connectivity index (χ0) is 13.9. The van der Waals surface area contributed by atoms with Crippen LogP contribution in [0.5, 0.6) is 0 Å². The van der Waals surface area contributed by atoms with Gasteiger partial charge in [-0.25, -0.2) is 0 Å². The van der Waals surface area contributed by atoms with Crippen LogP contribution in [-0.2, 0) is 4.79 Å². The van der Waals surface area contributed by atoms with Gasteiger partial charge in [0, 0.05) is 11.1 Å².